The Morgan fingerprint density at radius 3 is 2.59 bits per heavy atom. The van der Waals surface area contributed by atoms with Crippen molar-refractivity contribution >= 4 is 27.8 Å². The van der Waals surface area contributed by atoms with Gasteiger partial charge in [-0.3, -0.25) is 4.79 Å². The van der Waals surface area contributed by atoms with E-state index in [0.717, 1.165) is 23.7 Å². The zero-order chi connectivity index (χ0) is 16.5. The zero-order valence-corrected chi connectivity index (χ0v) is 15.0. The summed E-state index contributed by atoms with van der Waals surface area (Å²) in [5.41, 5.74) is 0.513. The number of hydrogen-bond acceptors (Lipinski definition) is 3. The Balaban J connectivity index is 2.63. The minimum atomic E-state index is -0.631. The highest BCUT2D eigenvalue weighted by Crippen LogP contribution is 2.13. The van der Waals surface area contributed by atoms with Crippen LogP contribution in [0.2, 0.25) is 0 Å². The summed E-state index contributed by atoms with van der Waals surface area (Å²) in [4.78, 5) is 24.4. The van der Waals surface area contributed by atoms with Crippen LogP contribution in [0.5, 0.6) is 0 Å². The van der Waals surface area contributed by atoms with Crippen LogP contribution in [0, 0.1) is 5.92 Å². The average Bonchev–Trinajstić information content (AvgIpc) is 2.48. The second kappa shape index (κ2) is 9.62. The van der Waals surface area contributed by atoms with Gasteiger partial charge in [0.15, 0.2) is 0 Å². The zero-order valence-electron chi connectivity index (χ0n) is 13.4. The molecule has 0 aliphatic rings. The first-order chi connectivity index (χ1) is 10.5. The first-order valence-electron chi connectivity index (χ1n) is 7.68. The van der Waals surface area contributed by atoms with E-state index in [2.05, 4.69) is 28.2 Å². The molecule has 0 aliphatic heterocycles. The normalized spacial score (nSPS) is 12.0. The number of nitrogens with one attached hydrogen (secondary N) is 1. The minimum absolute atomic E-state index is 0.0326. The molecule has 0 fully saturated rings. The fourth-order valence-electron chi connectivity index (χ4n) is 1.97. The molecule has 0 aliphatic carbocycles. The van der Waals surface area contributed by atoms with Crippen LogP contribution in [-0.2, 0) is 9.53 Å². The maximum Gasteiger partial charge on any atom is 0.328 e. The maximum atomic E-state index is 12.3. The molecule has 22 heavy (non-hydrogen) atoms. The van der Waals surface area contributed by atoms with Gasteiger partial charge in [0, 0.05) is 10.0 Å². The van der Waals surface area contributed by atoms with Crippen molar-refractivity contribution in [2.45, 2.75) is 46.1 Å². The van der Waals surface area contributed by atoms with E-state index in [0.29, 0.717) is 12.2 Å². The van der Waals surface area contributed by atoms with Crippen molar-refractivity contribution in [1.29, 1.82) is 0 Å². The van der Waals surface area contributed by atoms with Gasteiger partial charge in [-0.05, 0) is 30.5 Å². The first kappa shape index (κ1) is 18.7. The molecule has 5 heteroatoms. The van der Waals surface area contributed by atoms with Crippen LogP contribution >= 0.6 is 15.9 Å². The highest BCUT2D eigenvalue weighted by Gasteiger charge is 2.26. The Bertz CT molecular complexity index is 502. The third-order valence-corrected chi connectivity index (χ3v) is 3.78. The Morgan fingerprint density at radius 2 is 2.00 bits per heavy atom. The van der Waals surface area contributed by atoms with Gasteiger partial charge in [0.25, 0.3) is 5.91 Å². The Hall–Kier alpha value is -1.36. The van der Waals surface area contributed by atoms with Gasteiger partial charge in [-0.25, -0.2) is 4.79 Å². The van der Waals surface area contributed by atoms with Gasteiger partial charge in [0.1, 0.15) is 6.04 Å². The van der Waals surface area contributed by atoms with Crippen molar-refractivity contribution in [3.63, 3.8) is 0 Å². The molecule has 1 unspecified atom stereocenters. The first-order valence-corrected chi connectivity index (χ1v) is 8.48. The lowest BCUT2D eigenvalue weighted by Gasteiger charge is -2.21. The van der Waals surface area contributed by atoms with Gasteiger partial charge in [0.2, 0.25) is 0 Å². The molecular weight excluding hydrogens is 346 g/mol. The third-order valence-electron chi connectivity index (χ3n) is 3.29. The van der Waals surface area contributed by atoms with Gasteiger partial charge in [-0.2, -0.15) is 0 Å². The molecule has 1 aromatic rings. The number of carbonyl (C=O) groups excluding carboxylic acids is 2. The van der Waals surface area contributed by atoms with E-state index in [1.807, 2.05) is 19.9 Å². The monoisotopic (exact) mass is 369 g/mol. The van der Waals surface area contributed by atoms with Crippen LogP contribution in [0.25, 0.3) is 0 Å². The van der Waals surface area contributed by atoms with Crippen molar-refractivity contribution in [1.82, 2.24) is 5.32 Å². The van der Waals surface area contributed by atoms with E-state index in [9.17, 15) is 9.59 Å². The number of benzene rings is 1. The van der Waals surface area contributed by atoms with Crippen LogP contribution in [-0.4, -0.2) is 24.5 Å². The quantitative estimate of drug-likeness (QED) is 0.557. The number of rotatable bonds is 8. The summed E-state index contributed by atoms with van der Waals surface area (Å²) in [5.74, 6) is -0.672. The molecule has 0 saturated heterocycles. The van der Waals surface area contributed by atoms with Crippen molar-refractivity contribution in [2.75, 3.05) is 6.61 Å². The molecule has 4 nitrogen and oxygen atoms in total. The van der Waals surface area contributed by atoms with Gasteiger partial charge in [-0.15, -0.1) is 0 Å². The summed E-state index contributed by atoms with van der Waals surface area (Å²) >= 11 is 3.33. The molecule has 0 spiro atoms. The molecular formula is C17H24BrNO3. The lowest BCUT2D eigenvalue weighted by molar-refractivity contribution is -0.147. The summed E-state index contributed by atoms with van der Waals surface area (Å²) in [6, 6.07) is 6.43. The fraction of sp³-hybridized carbons (Fsp3) is 0.529. The lowest BCUT2D eigenvalue weighted by Crippen LogP contribution is -2.45. The van der Waals surface area contributed by atoms with Crippen LogP contribution < -0.4 is 5.32 Å². The molecule has 0 bridgehead atoms. The third kappa shape index (κ3) is 6.18. The van der Waals surface area contributed by atoms with E-state index in [4.69, 9.17) is 4.74 Å². The maximum absolute atomic E-state index is 12.3. The highest BCUT2D eigenvalue weighted by atomic mass is 79.9. The molecule has 1 N–H and O–H groups in total. The van der Waals surface area contributed by atoms with Gasteiger partial charge in [-0.1, -0.05) is 55.6 Å². The summed E-state index contributed by atoms with van der Waals surface area (Å²) < 4.78 is 6.09. The van der Waals surface area contributed by atoms with E-state index in [-0.39, 0.29) is 17.8 Å². The molecule has 122 valence electrons. The number of halogens is 1. The topological polar surface area (TPSA) is 55.4 Å². The molecule has 1 aromatic carbocycles. The smallest absolute Gasteiger partial charge is 0.328 e. The summed E-state index contributed by atoms with van der Waals surface area (Å²) in [6.45, 7) is 6.28. The molecule has 0 aromatic heterocycles. The van der Waals surface area contributed by atoms with E-state index in [1.54, 1.807) is 18.2 Å². The van der Waals surface area contributed by atoms with Crippen LogP contribution in [0.1, 0.15) is 50.4 Å². The largest absolute Gasteiger partial charge is 0.464 e. The Kier molecular flexibility index (Phi) is 8.17. The van der Waals surface area contributed by atoms with Crippen molar-refractivity contribution in [2.24, 2.45) is 5.92 Å². The fourth-order valence-corrected chi connectivity index (χ4v) is 2.37. The molecule has 0 saturated carbocycles. The van der Waals surface area contributed by atoms with Gasteiger partial charge in [0.05, 0.1) is 6.61 Å². The summed E-state index contributed by atoms with van der Waals surface area (Å²) in [6.07, 6.45) is 2.96. The van der Waals surface area contributed by atoms with Crippen molar-refractivity contribution in [3.8, 4) is 0 Å². The predicted octanol–water partition coefficient (Wildman–Crippen LogP) is 3.94. The summed E-state index contributed by atoms with van der Waals surface area (Å²) in [7, 11) is 0. The van der Waals surface area contributed by atoms with E-state index >= 15 is 0 Å². The Labute approximate surface area is 140 Å². The second-order valence-electron chi connectivity index (χ2n) is 5.58. The van der Waals surface area contributed by atoms with Crippen molar-refractivity contribution in [3.05, 3.63) is 34.3 Å². The SMILES string of the molecule is CCCCCOC(=O)C(NC(=O)c1cccc(Br)c1)C(C)C. The average molecular weight is 370 g/mol. The second-order valence-corrected chi connectivity index (χ2v) is 6.50. The predicted molar refractivity (Wildman–Crippen MR) is 90.7 cm³/mol. The molecule has 0 radical (unpaired) electrons. The number of carbonyl (C=O) groups is 2. The van der Waals surface area contributed by atoms with E-state index in [1.165, 1.54) is 0 Å². The van der Waals surface area contributed by atoms with Crippen LogP contribution in [0.15, 0.2) is 28.7 Å². The van der Waals surface area contributed by atoms with Gasteiger partial charge >= 0.3 is 5.97 Å². The number of hydrogen-bond donors (Lipinski definition) is 1. The molecule has 1 rings (SSSR count). The number of esters is 1. The number of ether oxygens (including phenoxy) is 1. The van der Waals surface area contributed by atoms with Crippen molar-refractivity contribution < 1.29 is 14.3 Å². The van der Waals surface area contributed by atoms with Crippen LogP contribution in [0.4, 0.5) is 0 Å². The minimum Gasteiger partial charge on any atom is -0.464 e. The van der Waals surface area contributed by atoms with Crippen LogP contribution in [0.3, 0.4) is 0 Å². The standard InChI is InChI=1S/C17H24BrNO3/c1-4-5-6-10-22-17(21)15(12(2)3)19-16(20)13-8-7-9-14(18)11-13/h7-9,11-12,15H,4-6,10H2,1-3H3,(H,19,20). The number of unbranched alkanes of at least 4 members (excludes halogenated alkanes) is 2. The summed E-state index contributed by atoms with van der Waals surface area (Å²) in [5, 5.41) is 2.77. The molecule has 1 atom stereocenters. The van der Waals surface area contributed by atoms with Gasteiger partial charge < -0.3 is 10.1 Å². The highest BCUT2D eigenvalue weighted by molar-refractivity contribution is 9.10. The Morgan fingerprint density at radius 1 is 1.27 bits per heavy atom. The molecule has 0 heterocycles. The van der Waals surface area contributed by atoms with E-state index < -0.39 is 6.04 Å². The molecule has 1 amide bonds. The number of amides is 1. The lowest BCUT2D eigenvalue weighted by atomic mass is 10.0.